The maximum Gasteiger partial charge on any atom is 0.240 e. The topological polar surface area (TPSA) is 48.5 Å². The predicted octanol–water partition coefficient (Wildman–Crippen LogP) is 2.00. The van der Waals surface area contributed by atoms with Crippen molar-refractivity contribution in [2.75, 3.05) is 26.2 Å². The molecule has 5 heteroatoms. The van der Waals surface area contributed by atoms with Crippen LogP contribution in [-0.2, 0) is 17.8 Å². The molecular weight excluding hydrogens is 324 g/mol. The summed E-state index contributed by atoms with van der Waals surface area (Å²) in [6.07, 6.45) is 4.67. The fourth-order valence-corrected chi connectivity index (χ4v) is 4.08. The van der Waals surface area contributed by atoms with Gasteiger partial charge in [0.2, 0.25) is 5.91 Å². The first-order valence-corrected chi connectivity index (χ1v) is 9.46. The lowest BCUT2D eigenvalue weighted by atomic mass is 9.98. The van der Waals surface area contributed by atoms with E-state index in [2.05, 4.69) is 52.5 Å². The number of nitrogens with zero attached hydrogens (tertiary/aromatic N) is 3. The van der Waals surface area contributed by atoms with Crippen LogP contribution in [0.3, 0.4) is 0 Å². The molecule has 26 heavy (non-hydrogen) atoms. The van der Waals surface area contributed by atoms with Gasteiger partial charge in [-0.2, -0.15) is 0 Å². The number of hydrogen-bond acceptors (Lipinski definition) is 4. The van der Waals surface area contributed by atoms with Crippen LogP contribution in [0, 0.1) is 0 Å². The van der Waals surface area contributed by atoms with Crippen LogP contribution >= 0.6 is 0 Å². The third-order valence-electron chi connectivity index (χ3n) is 5.66. The zero-order valence-electron chi connectivity index (χ0n) is 15.3. The van der Waals surface area contributed by atoms with Crippen LogP contribution in [0.1, 0.15) is 29.7 Å². The molecule has 2 aliphatic rings. The number of nitrogens with one attached hydrogen (secondary N) is 1. The second-order valence-electron chi connectivity index (χ2n) is 7.20. The molecule has 1 aromatic heterocycles. The molecule has 1 amide bonds. The SMILES string of the molecule is CC(C(=O)N1CCNCC1c1cccnc1)N1CCc2ccccc2C1. The Kier molecular flexibility index (Phi) is 5.00. The summed E-state index contributed by atoms with van der Waals surface area (Å²) in [5, 5.41) is 3.41. The minimum atomic E-state index is -0.111. The maximum absolute atomic E-state index is 13.3. The van der Waals surface area contributed by atoms with Crippen molar-refractivity contribution in [3.63, 3.8) is 0 Å². The van der Waals surface area contributed by atoms with E-state index in [1.165, 1.54) is 11.1 Å². The van der Waals surface area contributed by atoms with Crippen LogP contribution in [0.4, 0.5) is 0 Å². The van der Waals surface area contributed by atoms with Gasteiger partial charge < -0.3 is 10.2 Å². The van der Waals surface area contributed by atoms with E-state index in [1.54, 1.807) is 6.20 Å². The Labute approximate surface area is 155 Å². The number of hydrogen-bond donors (Lipinski definition) is 1. The van der Waals surface area contributed by atoms with Gasteiger partial charge in [0, 0.05) is 45.1 Å². The van der Waals surface area contributed by atoms with Crippen LogP contribution in [0.15, 0.2) is 48.8 Å². The highest BCUT2D eigenvalue weighted by molar-refractivity contribution is 5.82. The average molecular weight is 350 g/mol. The molecule has 0 radical (unpaired) electrons. The first-order chi connectivity index (χ1) is 12.7. The van der Waals surface area contributed by atoms with Crippen molar-refractivity contribution >= 4 is 5.91 Å². The number of carbonyl (C=O) groups is 1. The highest BCUT2D eigenvalue weighted by Gasteiger charge is 2.34. The lowest BCUT2D eigenvalue weighted by Crippen LogP contribution is -2.55. The zero-order valence-corrected chi connectivity index (χ0v) is 15.3. The van der Waals surface area contributed by atoms with Crippen molar-refractivity contribution in [3.8, 4) is 0 Å². The summed E-state index contributed by atoms with van der Waals surface area (Å²) in [6.45, 7) is 6.22. The Morgan fingerprint density at radius 3 is 2.85 bits per heavy atom. The number of fused-ring (bicyclic) bond motifs is 1. The molecule has 136 valence electrons. The van der Waals surface area contributed by atoms with Crippen molar-refractivity contribution < 1.29 is 4.79 Å². The number of aromatic nitrogens is 1. The quantitative estimate of drug-likeness (QED) is 0.920. The van der Waals surface area contributed by atoms with Crippen LogP contribution in [-0.4, -0.2) is 52.9 Å². The molecule has 2 atom stereocenters. The summed E-state index contributed by atoms with van der Waals surface area (Å²) in [4.78, 5) is 21.9. The van der Waals surface area contributed by atoms with Crippen molar-refractivity contribution in [3.05, 3.63) is 65.5 Å². The van der Waals surface area contributed by atoms with E-state index in [4.69, 9.17) is 0 Å². The highest BCUT2D eigenvalue weighted by Crippen LogP contribution is 2.25. The molecule has 2 aliphatic heterocycles. The Balaban J connectivity index is 1.50. The van der Waals surface area contributed by atoms with Crippen LogP contribution in [0.2, 0.25) is 0 Å². The Bertz CT molecular complexity index is 764. The average Bonchev–Trinajstić information content (AvgIpc) is 2.73. The van der Waals surface area contributed by atoms with Gasteiger partial charge in [0.15, 0.2) is 0 Å². The molecular formula is C21H26N4O. The van der Waals surface area contributed by atoms with E-state index in [9.17, 15) is 4.79 Å². The van der Waals surface area contributed by atoms with Gasteiger partial charge in [-0.1, -0.05) is 30.3 Å². The molecule has 5 nitrogen and oxygen atoms in total. The summed E-state index contributed by atoms with van der Waals surface area (Å²) in [7, 11) is 0. The van der Waals surface area contributed by atoms with E-state index in [1.807, 2.05) is 17.2 Å². The van der Waals surface area contributed by atoms with Gasteiger partial charge in [0.05, 0.1) is 12.1 Å². The van der Waals surface area contributed by atoms with E-state index in [-0.39, 0.29) is 18.0 Å². The van der Waals surface area contributed by atoms with Crippen molar-refractivity contribution in [2.24, 2.45) is 0 Å². The van der Waals surface area contributed by atoms with Crippen LogP contribution < -0.4 is 5.32 Å². The predicted molar refractivity (Wildman–Crippen MR) is 102 cm³/mol. The molecule has 1 N–H and O–H groups in total. The summed E-state index contributed by atoms with van der Waals surface area (Å²) in [6, 6.07) is 12.5. The lowest BCUT2D eigenvalue weighted by molar-refractivity contribution is -0.140. The summed E-state index contributed by atoms with van der Waals surface area (Å²) < 4.78 is 0. The van der Waals surface area contributed by atoms with Gasteiger partial charge in [-0.15, -0.1) is 0 Å². The molecule has 0 aliphatic carbocycles. The minimum Gasteiger partial charge on any atom is -0.332 e. The third kappa shape index (κ3) is 3.37. The number of piperazine rings is 1. The second kappa shape index (κ2) is 7.56. The van der Waals surface area contributed by atoms with Crippen LogP contribution in [0.5, 0.6) is 0 Å². The number of benzene rings is 1. The Hall–Kier alpha value is -2.24. The molecule has 4 rings (SSSR count). The van der Waals surface area contributed by atoms with E-state index >= 15 is 0 Å². The van der Waals surface area contributed by atoms with E-state index < -0.39 is 0 Å². The van der Waals surface area contributed by atoms with Crippen molar-refractivity contribution in [2.45, 2.75) is 32.0 Å². The molecule has 2 aromatic rings. The van der Waals surface area contributed by atoms with Crippen molar-refractivity contribution in [1.82, 2.24) is 20.1 Å². The summed E-state index contributed by atoms with van der Waals surface area (Å²) >= 11 is 0. The fourth-order valence-electron chi connectivity index (χ4n) is 4.08. The standard InChI is InChI=1S/C21H26N4O/c1-16(24-11-8-17-5-2-3-6-19(17)15-24)21(26)25-12-10-23-14-20(25)18-7-4-9-22-13-18/h2-7,9,13,16,20,23H,8,10-12,14-15H2,1H3. The van der Waals surface area contributed by atoms with Gasteiger partial charge in [-0.25, -0.2) is 0 Å². The van der Waals surface area contributed by atoms with E-state index in [0.29, 0.717) is 0 Å². The molecule has 0 spiro atoms. The number of amides is 1. The first kappa shape index (κ1) is 17.2. The Morgan fingerprint density at radius 1 is 1.19 bits per heavy atom. The molecule has 0 saturated carbocycles. The number of pyridine rings is 1. The zero-order chi connectivity index (χ0) is 17.9. The van der Waals surface area contributed by atoms with Gasteiger partial charge >= 0.3 is 0 Å². The van der Waals surface area contributed by atoms with Gasteiger partial charge in [-0.3, -0.25) is 14.7 Å². The molecule has 2 unspecified atom stereocenters. The first-order valence-electron chi connectivity index (χ1n) is 9.46. The maximum atomic E-state index is 13.3. The van der Waals surface area contributed by atoms with Gasteiger partial charge in [0.1, 0.15) is 0 Å². The fraction of sp³-hybridized carbons (Fsp3) is 0.429. The number of rotatable bonds is 3. The van der Waals surface area contributed by atoms with Gasteiger partial charge in [0.25, 0.3) is 0 Å². The van der Waals surface area contributed by atoms with Crippen LogP contribution in [0.25, 0.3) is 0 Å². The second-order valence-corrected chi connectivity index (χ2v) is 7.20. The normalized spacial score (nSPS) is 21.9. The van der Waals surface area contributed by atoms with Gasteiger partial charge in [-0.05, 0) is 36.1 Å². The number of carbonyl (C=O) groups excluding carboxylic acids is 1. The molecule has 1 saturated heterocycles. The Morgan fingerprint density at radius 2 is 2.04 bits per heavy atom. The summed E-state index contributed by atoms with van der Waals surface area (Å²) in [5.74, 6) is 0.222. The largest absolute Gasteiger partial charge is 0.332 e. The molecule has 1 fully saturated rings. The summed E-state index contributed by atoms with van der Waals surface area (Å²) in [5.41, 5.74) is 3.87. The minimum absolute atomic E-state index is 0.0597. The highest BCUT2D eigenvalue weighted by atomic mass is 16.2. The molecule has 3 heterocycles. The third-order valence-corrected chi connectivity index (χ3v) is 5.66. The lowest BCUT2D eigenvalue weighted by Gasteiger charge is -2.41. The smallest absolute Gasteiger partial charge is 0.240 e. The van der Waals surface area contributed by atoms with Crippen molar-refractivity contribution in [1.29, 1.82) is 0 Å². The monoisotopic (exact) mass is 350 g/mol. The molecule has 1 aromatic carbocycles. The van der Waals surface area contributed by atoms with E-state index in [0.717, 1.165) is 44.7 Å². The molecule has 0 bridgehead atoms.